The Balaban J connectivity index is 2.44. The van der Waals surface area contributed by atoms with Gasteiger partial charge in [0.1, 0.15) is 5.69 Å². The molecule has 19 heavy (non-hydrogen) atoms. The van der Waals surface area contributed by atoms with Crippen LogP contribution in [0, 0.1) is 15.9 Å². The zero-order chi connectivity index (χ0) is 14.0. The van der Waals surface area contributed by atoms with Crippen molar-refractivity contribution in [1.82, 2.24) is 0 Å². The third-order valence-electron chi connectivity index (χ3n) is 2.37. The minimum absolute atomic E-state index is 0.0502. The standard InChI is InChI=1S/C12H7BrClFN2O2/c13-7-4-5-10(8(14)6-7)16-11-3-1-2-9(15)12(11)17(18)19/h1-6,16H. The van der Waals surface area contributed by atoms with Gasteiger partial charge in [-0.15, -0.1) is 0 Å². The maximum atomic E-state index is 13.4. The van der Waals surface area contributed by atoms with E-state index in [9.17, 15) is 14.5 Å². The predicted molar refractivity (Wildman–Crippen MR) is 75.5 cm³/mol. The molecule has 98 valence electrons. The molecule has 2 rings (SSSR count). The monoisotopic (exact) mass is 344 g/mol. The molecular formula is C12H7BrClFN2O2. The van der Waals surface area contributed by atoms with Crippen LogP contribution in [0.1, 0.15) is 0 Å². The Morgan fingerprint density at radius 1 is 1.26 bits per heavy atom. The van der Waals surface area contributed by atoms with Gasteiger partial charge in [0.2, 0.25) is 5.82 Å². The molecule has 0 heterocycles. The number of nitrogens with one attached hydrogen (secondary N) is 1. The molecule has 0 bridgehead atoms. The predicted octanol–water partition coefficient (Wildman–Crippen LogP) is 4.89. The van der Waals surface area contributed by atoms with Crippen LogP contribution in [0.25, 0.3) is 0 Å². The molecule has 0 aliphatic carbocycles. The SMILES string of the molecule is O=[N+]([O-])c1c(F)cccc1Nc1ccc(Br)cc1Cl. The van der Waals surface area contributed by atoms with Crippen LogP contribution in [0.15, 0.2) is 40.9 Å². The summed E-state index contributed by atoms with van der Waals surface area (Å²) in [6, 6.07) is 8.83. The van der Waals surface area contributed by atoms with Gasteiger partial charge in [-0.3, -0.25) is 10.1 Å². The maximum absolute atomic E-state index is 13.4. The van der Waals surface area contributed by atoms with E-state index in [1.54, 1.807) is 18.2 Å². The number of hydrogen-bond donors (Lipinski definition) is 1. The van der Waals surface area contributed by atoms with E-state index in [1.165, 1.54) is 12.1 Å². The van der Waals surface area contributed by atoms with Crippen molar-refractivity contribution in [2.75, 3.05) is 5.32 Å². The molecule has 0 atom stereocenters. The molecule has 1 N–H and O–H groups in total. The van der Waals surface area contributed by atoms with Crippen molar-refractivity contribution in [3.05, 3.63) is 61.8 Å². The first kappa shape index (κ1) is 13.8. The number of benzene rings is 2. The summed E-state index contributed by atoms with van der Waals surface area (Å²) in [7, 11) is 0. The molecule has 7 heteroatoms. The molecule has 0 spiro atoms. The lowest BCUT2D eigenvalue weighted by Gasteiger charge is -2.09. The number of anilines is 2. The van der Waals surface area contributed by atoms with Crippen molar-refractivity contribution in [1.29, 1.82) is 0 Å². The van der Waals surface area contributed by atoms with E-state index in [-0.39, 0.29) is 5.69 Å². The molecule has 0 radical (unpaired) electrons. The van der Waals surface area contributed by atoms with Crippen molar-refractivity contribution in [3.63, 3.8) is 0 Å². The zero-order valence-electron chi connectivity index (χ0n) is 9.36. The highest BCUT2D eigenvalue weighted by Crippen LogP contribution is 2.33. The minimum atomic E-state index is -0.900. The Morgan fingerprint density at radius 3 is 2.63 bits per heavy atom. The smallest absolute Gasteiger partial charge is 0.327 e. The molecule has 0 saturated carbocycles. The summed E-state index contributed by atoms with van der Waals surface area (Å²) in [5, 5.41) is 14.0. The summed E-state index contributed by atoms with van der Waals surface area (Å²) >= 11 is 9.25. The fourth-order valence-electron chi connectivity index (χ4n) is 1.54. The van der Waals surface area contributed by atoms with Gasteiger partial charge in [-0.25, -0.2) is 0 Å². The zero-order valence-corrected chi connectivity index (χ0v) is 11.7. The average molecular weight is 346 g/mol. The lowest BCUT2D eigenvalue weighted by molar-refractivity contribution is -0.386. The second-order valence-corrected chi connectivity index (χ2v) is 4.97. The summed E-state index contributed by atoms with van der Waals surface area (Å²) < 4.78 is 14.2. The van der Waals surface area contributed by atoms with Gasteiger partial charge < -0.3 is 5.32 Å². The summed E-state index contributed by atoms with van der Waals surface area (Å²) in [5.41, 5.74) is -0.103. The summed E-state index contributed by atoms with van der Waals surface area (Å²) in [6.07, 6.45) is 0. The molecule has 0 fully saturated rings. The van der Waals surface area contributed by atoms with E-state index in [4.69, 9.17) is 11.6 Å². The number of halogens is 3. The average Bonchev–Trinajstić information content (AvgIpc) is 2.32. The number of rotatable bonds is 3. The fraction of sp³-hybridized carbons (Fsp3) is 0. The van der Waals surface area contributed by atoms with Gasteiger partial charge in [0.25, 0.3) is 0 Å². The summed E-state index contributed by atoms with van der Waals surface area (Å²) in [6.45, 7) is 0. The number of para-hydroxylation sites is 1. The van der Waals surface area contributed by atoms with E-state index >= 15 is 0 Å². The van der Waals surface area contributed by atoms with Crippen LogP contribution in [0.5, 0.6) is 0 Å². The highest BCUT2D eigenvalue weighted by molar-refractivity contribution is 9.10. The molecule has 0 aliphatic rings. The normalized spacial score (nSPS) is 10.3. The Labute approximate surface area is 121 Å². The number of nitro groups is 1. The van der Waals surface area contributed by atoms with Crippen LogP contribution >= 0.6 is 27.5 Å². The molecule has 0 saturated heterocycles. The van der Waals surface area contributed by atoms with Crippen molar-refractivity contribution in [3.8, 4) is 0 Å². The third kappa shape index (κ3) is 3.02. The topological polar surface area (TPSA) is 55.2 Å². The van der Waals surface area contributed by atoms with Crippen molar-refractivity contribution in [2.45, 2.75) is 0 Å². The molecule has 2 aromatic carbocycles. The number of nitro benzene ring substituents is 1. The van der Waals surface area contributed by atoms with Gasteiger partial charge in [-0.1, -0.05) is 33.6 Å². The molecule has 4 nitrogen and oxygen atoms in total. The molecule has 0 aromatic heterocycles. The van der Waals surface area contributed by atoms with Crippen LogP contribution in [0.3, 0.4) is 0 Å². The highest BCUT2D eigenvalue weighted by atomic mass is 79.9. The lowest BCUT2D eigenvalue weighted by Crippen LogP contribution is -1.99. The first-order chi connectivity index (χ1) is 8.99. The van der Waals surface area contributed by atoms with E-state index in [0.29, 0.717) is 10.7 Å². The minimum Gasteiger partial charge on any atom is -0.349 e. The first-order valence-electron chi connectivity index (χ1n) is 5.14. The van der Waals surface area contributed by atoms with Crippen LogP contribution in [0.2, 0.25) is 5.02 Å². The Morgan fingerprint density at radius 2 is 2.00 bits per heavy atom. The first-order valence-corrected chi connectivity index (χ1v) is 6.31. The van der Waals surface area contributed by atoms with Gasteiger partial charge >= 0.3 is 5.69 Å². The fourth-order valence-corrected chi connectivity index (χ4v) is 2.26. The van der Waals surface area contributed by atoms with Gasteiger partial charge in [-0.2, -0.15) is 4.39 Å². The molecule has 0 aliphatic heterocycles. The Hall–Kier alpha value is -1.66. The van der Waals surface area contributed by atoms with Gasteiger partial charge in [-0.05, 0) is 30.3 Å². The molecule has 0 amide bonds. The quantitative estimate of drug-likeness (QED) is 0.636. The summed E-state index contributed by atoms with van der Waals surface area (Å²) in [4.78, 5) is 10.1. The van der Waals surface area contributed by atoms with Crippen LogP contribution in [0.4, 0.5) is 21.5 Å². The van der Waals surface area contributed by atoms with Crippen LogP contribution in [-0.4, -0.2) is 4.92 Å². The van der Waals surface area contributed by atoms with E-state index in [0.717, 1.165) is 10.5 Å². The second kappa shape index (κ2) is 5.54. The molecular weight excluding hydrogens is 338 g/mol. The maximum Gasteiger partial charge on any atom is 0.327 e. The van der Waals surface area contributed by atoms with E-state index in [2.05, 4.69) is 21.2 Å². The van der Waals surface area contributed by atoms with Crippen LogP contribution < -0.4 is 5.32 Å². The third-order valence-corrected chi connectivity index (χ3v) is 3.18. The van der Waals surface area contributed by atoms with Crippen molar-refractivity contribution < 1.29 is 9.31 Å². The molecule has 2 aromatic rings. The van der Waals surface area contributed by atoms with E-state index < -0.39 is 16.4 Å². The summed E-state index contributed by atoms with van der Waals surface area (Å²) in [5.74, 6) is -0.900. The number of nitrogens with zero attached hydrogens (tertiary/aromatic N) is 1. The lowest BCUT2D eigenvalue weighted by atomic mass is 10.2. The Bertz CT molecular complexity index is 652. The van der Waals surface area contributed by atoms with Crippen molar-refractivity contribution in [2.24, 2.45) is 0 Å². The van der Waals surface area contributed by atoms with Gasteiger partial charge in [0, 0.05) is 4.47 Å². The largest absolute Gasteiger partial charge is 0.349 e. The van der Waals surface area contributed by atoms with Crippen molar-refractivity contribution >= 4 is 44.6 Å². The Kier molecular flexibility index (Phi) is 4.01. The van der Waals surface area contributed by atoms with Gasteiger partial charge in [0.15, 0.2) is 0 Å². The van der Waals surface area contributed by atoms with Crippen LogP contribution in [-0.2, 0) is 0 Å². The molecule has 0 unspecified atom stereocenters. The van der Waals surface area contributed by atoms with E-state index in [1.807, 2.05) is 0 Å². The van der Waals surface area contributed by atoms with Gasteiger partial charge in [0.05, 0.1) is 15.6 Å². The second-order valence-electron chi connectivity index (χ2n) is 3.64. The number of hydrogen-bond acceptors (Lipinski definition) is 3. The highest BCUT2D eigenvalue weighted by Gasteiger charge is 2.20.